The molecule has 0 aliphatic rings. The number of benzene rings is 2. The van der Waals surface area contributed by atoms with Gasteiger partial charge in [0, 0.05) is 6.21 Å². The summed E-state index contributed by atoms with van der Waals surface area (Å²) in [5, 5.41) is 9.20. The summed E-state index contributed by atoms with van der Waals surface area (Å²) in [7, 11) is 1.42. The summed E-state index contributed by atoms with van der Waals surface area (Å²) < 4.78 is 10.2. The van der Waals surface area contributed by atoms with Crippen molar-refractivity contribution >= 4 is 23.8 Å². The lowest BCUT2D eigenvalue weighted by Gasteiger charge is -2.05. The lowest BCUT2D eigenvalue weighted by molar-refractivity contribution is 0.0499. The number of aliphatic imine (C=N–C) groups is 1. The van der Waals surface area contributed by atoms with E-state index in [4.69, 9.17) is 9.47 Å². The number of ether oxygens (including phenoxy) is 2. The van der Waals surface area contributed by atoms with Gasteiger partial charge in [-0.2, -0.15) is 0 Å². The van der Waals surface area contributed by atoms with Crippen LogP contribution in [0.3, 0.4) is 0 Å². The number of carbonyl (C=O) groups is 2. The van der Waals surface area contributed by atoms with E-state index in [0.29, 0.717) is 29.2 Å². The third-order valence-electron chi connectivity index (χ3n) is 3.65. The number of hydrogen-bond donors (Lipinski definition) is 1. The SMILES string of the molecule is CCCCOC(=O)c1ccc(N=Cc2ccc(OC)c(C(=O)O)c2)cc1. The van der Waals surface area contributed by atoms with Crippen molar-refractivity contribution in [1.82, 2.24) is 0 Å². The van der Waals surface area contributed by atoms with Gasteiger partial charge in [0.2, 0.25) is 0 Å². The van der Waals surface area contributed by atoms with Crippen LogP contribution in [0.5, 0.6) is 5.75 Å². The second kappa shape index (κ2) is 9.36. The molecule has 6 nitrogen and oxygen atoms in total. The Morgan fingerprint density at radius 3 is 2.50 bits per heavy atom. The number of aromatic carboxylic acids is 1. The molecule has 0 saturated carbocycles. The quantitative estimate of drug-likeness (QED) is 0.438. The zero-order valence-electron chi connectivity index (χ0n) is 14.8. The molecular formula is C20H21NO5. The second-order valence-corrected chi connectivity index (χ2v) is 5.56. The van der Waals surface area contributed by atoms with Gasteiger partial charge in [0.15, 0.2) is 0 Å². The Morgan fingerprint density at radius 1 is 1.15 bits per heavy atom. The van der Waals surface area contributed by atoms with Gasteiger partial charge in [-0.25, -0.2) is 9.59 Å². The predicted molar refractivity (Wildman–Crippen MR) is 98.8 cm³/mol. The van der Waals surface area contributed by atoms with E-state index in [1.54, 1.807) is 42.6 Å². The summed E-state index contributed by atoms with van der Waals surface area (Å²) in [6.07, 6.45) is 3.37. The summed E-state index contributed by atoms with van der Waals surface area (Å²) in [4.78, 5) is 27.4. The largest absolute Gasteiger partial charge is 0.496 e. The highest BCUT2D eigenvalue weighted by Gasteiger charge is 2.11. The van der Waals surface area contributed by atoms with Gasteiger partial charge in [0.1, 0.15) is 11.3 Å². The summed E-state index contributed by atoms with van der Waals surface area (Å²) >= 11 is 0. The molecule has 26 heavy (non-hydrogen) atoms. The Morgan fingerprint density at radius 2 is 1.88 bits per heavy atom. The third-order valence-corrected chi connectivity index (χ3v) is 3.65. The third kappa shape index (κ3) is 5.17. The summed E-state index contributed by atoms with van der Waals surface area (Å²) in [6, 6.07) is 11.5. The molecule has 0 radical (unpaired) electrons. The van der Waals surface area contributed by atoms with Crippen molar-refractivity contribution in [3.63, 3.8) is 0 Å². The van der Waals surface area contributed by atoms with Crippen molar-refractivity contribution in [1.29, 1.82) is 0 Å². The fourth-order valence-corrected chi connectivity index (χ4v) is 2.20. The summed E-state index contributed by atoms with van der Waals surface area (Å²) in [6.45, 7) is 2.45. The molecule has 1 N–H and O–H groups in total. The van der Waals surface area contributed by atoms with Crippen LogP contribution >= 0.6 is 0 Å². The highest BCUT2D eigenvalue weighted by molar-refractivity contribution is 5.94. The molecule has 2 aromatic rings. The maximum Gasteiger partial charge on any atom is 0.339 e. The van der Waals surface area contributed by atoms with E-state index < -0.39 is 5.97 Å². The van der Waals surface area contributed by atoms with Gasteiger partial charge in [-0.15, -0.1) is 0 Å². The minimum atomic E-state index is -1.07. The van der Waals surface area contributed by atoms with Crippen LogP contribution in [-0.4, -0.2) is 37.0 Å². The molecule has 0 aliphatic carbocycles. The molecule has 0 bridgehead atoms. The molecule has 0 heterocycles. The van der Waals surface area contributed by atoms with E-state index in [9.17, 15) is 14.7 Å². The van der Waals surface area contributed by atoms with Gasteiger partial charge in [-0.1, -0.05) is 13.3 Å². The number of nitrogens with zero attached hydrogens (tertiary/aromatic N) is 1. The number of carboxylic acid groups (broad SMARTS) is 1. The molecule has 6 heteroatoms. The van der Waals surface area contributed by atoms with Gasteiger partial charge in [-0.05, 0) is 54.4 Å². The number of carboxylic acids is 1. The topological polar surface area (TPSA) is 85.2 Å². The van der Waals surface area contributed by atoms with Crippen LogP contribution in [0.2, 0.25) is 0 Å². The molecule has 2 aromatic carbocycles. The lowest BCUT2D eigenvalue weighted by atomic mass is 10.1. The smallest absolute Gasteiger partial charge is 0.339 e. The van der Waals surface area contributed by atoms with Gasteiger partial charge < -0.3 is 14.6 Å². The highest BCUT2D eigenvalue weighted by Crippen LogP contribution is 2.20. The first-order valence-electron chi connectivity index (χ1n) is 8.27. The normalized spacial score (nSPS) is 10.7. The Kier molecular flexibility index (Phi) is 6.91. The van der Waals surface area contributed by atoms with Crippen LogP contribution in [0.1, 0.15) is 46.0 Å². The van der Waals surface area contributed by atoms with E-state index >= 15 is 0 Å². The zero-order chi connectivity index (χ0) is 18.9. The average Bonchev–Trinajstić information content (AvgIpc) is 2.66. The molecule has 0 saturated heterocycles. The molecule has 0 aliphatic heterocycles. The fraction of sp³-hybridized carbons (Fsp3) is 0.250. The first kappa shape index (κ1) is 19.2. The van der Waals surface area contributed by atoms with Crippen molar-refractivity contribution in [3.05, 3.63) is 59.2 Å². The molecule has 0 fully saturated rings. The van der Waals surface area contributed by atoms with Crippen LogP contribution in [0.15, 0.2) is 47.5 Å². The van der Waals surface area contributed by atoms with Gasteiger partial charge in [-0.3, -0.25) is 4.99 Å². The number of methoxy groups -OCH3 is 1. The van der Waals surface area contributed by atoms with E-state index in [2.05, 4.69) is 4.99 Å². The molecule has 0 unspecified atom stereocenters. The molecule has 0 aromatic heterocycles. The highest BCUT2D eigenvalue weighted by atomic mass is 16.5. The van der Waals surface area contributed by atoms with Crippen molar-refractivity contribution < 1.29 is 24.2 Å². The van der Waals surface area contributed by atoms with Gasteiger partial charge in [0.05, 0.1) is 25.0 Å². The van der Waals surface area contributed by atoms with E-state index in [1.807, 2.05) is 6.92 Å². The fourth-order valence-electron chi connectivity index (χ4n) is 2.20. The Labute approximate surface area is 152 Å². The van der Waals surface area contributed by atoms with Crippen molar-refractivity contribution in [3.8, 4) is 5.75 Å². The number of rotatable bonds is 8. The van der Waals surface area contributed by atoms with Crippen molar-refractivity contribution in [2.24, 2.45) is 4.99 Å². The lowest BCUT2D eigenvalue weighted by Crippen LogP contribution is -2.05. The van der Waals surface area contributed by atoms with Gasteiger partial charge >= 0.3 is 11.9 Å². The number of carbonyl (C=O) groups excluding carboxylic acids is 1. The zero-order valence-corrected chi connectivity index (χ0v) is 14.8. The van der Waals surface area contributed by atoms with Crippen molar-refractivity contribution in [2.45, 2.75) is 19.8 Å². The number of hydrogen-bond acceptors (Lipinski definition) is 5. The molecule has 2 rings (SSSR count). The standard InChI is InChI=1S/C20H21NO5/c1-3-4-11-26-20(24)15-6-8-16(9-7-15)21-13-14-5-10-18(25-2)17(12-14)19(22)23/h5-10,12-13H,3-4,11H2,1-2H3,(H,22,23). The van der Waals surface area contributed by atoms with Crippen LogP contribution in [0.4, 0.5) is 5.69 Å². The molecular weight excluding hydrogens is 334 g/mol. The second-order valence-electron chi connectivity index (χ2n) is 5.56. The van der Waals surface area contributed by atoms with Crippen LogP contribution in [-0.2, 0) is 4.74 Å². The van der Waals surface area contributed by atoms with E-state index in [0.717, 1.165) is 12.8 Å². The average molecular weight is 355 g/mol. The monoisotopic (exact) mass is 355 g/mol. The van der Waals surface area contributed by atoms with Gasteiger partial charge in [0.25, 0.3) is 0 Å². The minimum absolute atomic E-state index is 0.0709. The maximum absolute atomic E-state index is 11.8. The minimum Gasteiger partial charge on any atom is -0.496 e. The van der Waals surface area contributed by atoms with Crippen LogP contribution < -0.4 is 4.74 Å². The van der Waals surface area contributed by atoms with E-state index in [-0.39, 0.29) is 11.5 Å². The first-order valence-corrected chi connectivity index (χ1v) is 8.27. The van der Waals surface area contributed by atoms with E-state index in [1.165, 1.54) is 13.2 Å². The number of esters is 1. The van der Waals surface area contributed by atoms with Crippen LogP contribution in [0.25, 0.3) is 0 Å². The number of unbranched alkanes of at least 4 members (excludes halogenated alkanes) is 1. The molecule has 0 amide bonds. The first-order chi connectivity index (χ1) is 12.5. The maximum atomic E-state index is 11.8. The summed E-state index contributed by atoms with van der Waals surface area (Å²) in [5.74, 6) is -1.13. The Bertz CT molecular complexity index is 796. The molecule has 0 spiro atoms. The molecule has 136 valence electrons. The molecule has 0 atom stereocenters. The Balaban J connectivity index is 2.08. The van der Waals surface area contributed by atoms with Crippen molar-refractivity contribution in [2.75, 3.05) is 13.7 Å². The Hall–Kier alpha value is -3.15. The predicted octanol–water partition coefficient (Wildman–Crippen LogP) is 4.10. The summed E-state index contributed by atoms with van der Waals surface area (Å²) in [5.41, 5.74) is 1.81. The van der Waals surface area contributed by atoms with Crippen LogP contribution in [0, 0.1) is 0 Å².